The lowest BCUT2D eigenvalue weighted by molar-refractivity contribution is 0.631. The molecule has 0 aliphatic rings. The van der Waals surface area contributed by atoms with Crippen molar-refractivity contribution in [1.29, 1.82) is 0 Å². The highest BCUT2D eigenvalue weighted by molar-refractivity contribution is 9.10. The Morgan fingerprint density at radius 3 is 2.88 bits per heavy atom. The molecule has 0 aromatic carbocycles. The van der Waals surface area contributed by atoms with E-state index in [9.17, 15) is 4.79 Å². The molecule has 0 amide bonds. The van der Waals surface area contributed by atoms with E-state index in [4.69, 9.17) is 0 Å². The average molecular weight is 314 g/mol. The summed E-state index contributed by atoms with van der Waals surface area (Å²) in [6.07, 6.45) is 0.766. The van der Waals surface area contributed by atoms with Crippen molar-refractivity contribution in [3.05, 3.63) is 31.4 Å². The standard InChI is InChI=1S/C11H12BrN3OS/c1-6(2)3-7-9(12)11(16)15-10(14-7)8-4-17-5-13-8/h4-6H,3H2,1-2H3,(H,14,15,16). The minimum absolute atomic E-state index is 0.154. The Bertz CT molecular complexity index is 563. The Balaban J connectivity index is 2.50. The predicted molar refractivity (Wildman–Crippen MR) is 72.2 cm³/mol. The van der Waals surface area contributed by atoms with Crippen LogP contribution in [0.3, 0.4) is 0 Å². The first-order chi connectivity index (χ1) is 8.08. The summed E-state index contributed by atoms with van der Waals surface area (Å²) < 4.78 is 0.519. The van der Waals surface area contributed by atoms with E-state index in [0.29, 0.717) is 21.9 Å². The minimum Gasteiger partial charge on any atom is -0.304 e. The number of halogens is 1. The molecule has 0 aliphatic heterocycles. The van der Waals surface area contributed by atoms with Crippen molar-refractivity contribution in [1.82, 2.24) is 15.0 Å². The summed E-state index contributed by atoms with van der Waals surface area (Å²) in [4.78, 5) is 23.1. The summed E-state index contributed by atoms with van der Waals surface area (Å²) >= 11 is 4.76. The first-order valence-corrected chi connectivity index (χ1v) is 6.98. The molecule has 0 radical (unpaired) electrons. The van der Waals surface area contributed by atoms with Gasteiger partial charge in [-0.15, -0.1) is 11.3 Å². The Kier molecular flexibility index (Phi) is 3.73. The van der Waals surface area contributed by atoms with Crippen LogP contribution in [0.2, 0.25) is 0 Å². The highest BCUT2D eigenvalue weighted by atomic mass is 79.9. The third-order valence-corrected chi connectivity index (χ3v) is 3.61. The summed E-state index contributed by atoms with van der Waals surface area (Å²) in [6, 6.07) is 0. The first-order valence-electron chi connectivity index (χ1n) is 5.25. The Morgan fingerprint density at radius 1 is 1.53 bits per heavy atom. The van der Waals surface area contributed by atoms with Crippen LogP contribution in [-0.4, -0.2) is 15.0 Å². The smallest absolute Gasteiger partial charge is 0.265 e. The molecule has 2 heterocycles. The SMILES string of the molecule is CC(C)Cc1nc(-c2cscn2)[nH]c(=O)c1Br. The highest BCUT2D eigenvalue weighted by Gasteiger charge is 2.12. The topological polar surface area (TPSA) is 58.6 Å². The van der Waals surface area contributed by atoms with Gasteiger partial charge in [0.25, 0.3) is 5.56 Å². The van der Waals surface area contributed by atoms with Crippen LogP contribution in [0.25, 0.3) is 11.5 Å². The van der Waals surface area contributed by atoms with Gasteiger partial charge in [0.1, 0.15) is 10.2 Å². The Morgan fingerprint density at radius 2 is 2.29 bits per heavy atom. The van der Waals surface area contributed by atoms with Crippen molar-refractivity contribution in [2.45, 2.75) is 20.3 Å². The number of aromatic amines is 1. The van der Waals surface area contributed by atoms with Gasteiger partial charge in [-0.3, -0.25) is 4.79 Å². The van der Waals surface area contributed by atoms with Crippen LogP contribution in [0.4, 0.5) is 0 Å². The molecule has 2 aromatic rings. The maximum absolute atomic E-state index is 11.8. The second kappa shape index (κ2) is 5.10. The first kappa shape index (κ1) is 12.4. The van der Waals surface area contributed by atoms with Crippen LogP contribution in [0.1, 0.15) is 19.5 Å². The highest BCUT2D eigenvalue weighted by Crippen LogP contribution is 2.18. The maximum Gasteiger partial charge on any atom is 0.265 e. The van der Waals surface area contributed by atoms with Crippen LogP contribution in [0, 0.1) is 5.92 Å². The van der Waals surface area contributed by atoms with Gasteiger partial charge < -0.3 is 4.98 Å². The van der Waals surface area contributed by atoms with E-state index in [2.05, 4.69) is 44.7 Å². The molecule has 0 atom stereocenters. The zero-order valence-corrected chi connectivity index (χ0v) is 11.9. The van der Waals surface area contributed by atoms with Crippen LogP contribution in [0.15, 0.2) is 20.2 Å². The number of hydrogen-bond acceptors (Lipinski definition) is 4. The maximum atomic E-state index is 11.8. The van der Waals surface area contributed by atoms with E-state index in [1.54, 1.807) is 5.51 Å². The molecule has 17 heavy (non-hydrogen) atoms. The van der Waals surface area contributed by atoms with Gasteiger partial charge in [-0.25, -0.2) is 9.97 Å². The minimum atomic E-state index is -0.154. The second-order valence-electron chi connectivity index (χ2n) is 4.15. The molecule has 0 aliphatic carbocycles. The van der Waals surface area contributed by atoms with Crippen molar-refractivity contribution in [2.75, 3.05) is 0 Å². The molecular formula is C11H12BrN3OS. The van der Waals surface area contributed by atoms with Gasteiger partial charge in [-0.2, -0.15) is 0 Å². The number of hydrogen-bond donors (Lipinski definition) is 1. The average Bonchev–Trinajstić information content (AvgIpc) is 2.77. The molecule has 0 fully saturated rings. The van der Waals surface area contributed by atoms with Crippen molar-refractivity contribution in [3.63, 3.8) is 0 Å². The van der Waals surface area contributed by atoms with Crippen LogP contribution in [-0.2, 0) is 6.42 Å². The van der Waals surface area contributed by atoms with E-state index < -0.39 is 0 Å². The molecule has 0 spiro atoms. The van der Waals surface area contributed by atoms with Crippen LogP contribution in [0.5, 0.6) is 0 Å². The third kappa shape index (κ3) is 2.81. The van der Waals surface area contributed by atoms with E-state index in [1.807, 2.05) is 5.38 Å². The molecule has 0 bridgehead atoms. The van der Waals surface area contributed by atoms with E-state index >= 15 is 0 Å². The normalized spacial score (nSPS) is 11.1. The molecule has 0 saturated heterocycles. The van der Waals surface area contributed by atoms with Gasteiger partial charge in [-0.05, 0) is 28.3 Å². The molecule has 6 heteroatoms. The summed E-state index contributed by atoms with van der Waals surface area (Å²) in [6.45, 7) is 4.19. The van der Waals surface area contributed by atoms with Crippen LogP contribution < -0.4 is 5.56 Å². The Hall–Kier alpha value is -1.01. The number of nitrogens with zero attached hydrogens (tertiary/aromatic N) is 2. The molecule has 0 saturated carbocycles. The van der Waals surface area contributed by atoms with Gasteiger partial charge in [0.05, 0.1) is 11.2 Å². The van der Waals surface area contributed by atoms with E-state index in [0.717, 1.165) is 12.1 Å². The lowest BCUT2D eigenvalue weighted by Crippen LogP contribution is -2.15. The summed E-state index contributed by atoms with van der Waals surface area (Å²) in [5, 5.41) is 1.87. The molecule has 4 nitrogen and oxygen atoms in total. The van der Waals surface area contributed by atoms with Gasteiger partial charge in [0.2, 0.25) is 0 Å². The van der Waals surface area contributed by atoms with Gasteiger partial charge in [0.15, 0.2) is 5.82 Å². The van der Waals surface area contributed by atoms with Crippen molar-refractivity contribution < 1.29 is 0 Å². The number of H-pyrrole nitrogens is 1. The second-order valence-corrected chi connectivity index (χ2v) is 5.66. The van der Waals surface area contributed by atoms with Crippen LogP contribution >= 0.6 is 27.3 Å². The lowest BCUT2D eigenvalue weighted by atomic mass is 10.1. The predicted octanol–water partition coefficient (Wildman–Crippen LogP) is 2.85. The third-order valence-electron chi connectivity index (χ3n) is 2.21. The largest absolute Gasteiger partial charge is 0.304 e. The summed E-state index contributed by atoms with van der Waals surface area (Å²) in [5.41, 5.74) is 3.06. The monoisotopic (exact) mass is 313 g/mol. The summed E-state index contributed by atoms with van der Waals surface area (Å²) in [7, 11) is 0. The van der Waals surface area contributed by atoms with Crippen molar-refractivity contribution in [3.8, 4) is 11.5 Å². The number of nitrogens with one attached hydrogen (secondary N) is 1. The number of aromatic nitrogens is 3. The molecule has 90 valence electrons. The molecule has 2 aromatic heterocycles. The van der Waals surface area contributed by atoms with Crippen molar-refractivity contribution in [2.24, 2.45) is 5.92 Å². The number of rotatable bonds is 3. The fraction of sp³-hybridized carbons (Fsp3) is 0.364. The molecule has 1 N–H and O–H groups in total. The zero-order chi connectivity index (χ0) is 12.4. The molecule has 2 rings (SSSR count). The Labute approximate surface area is 111 Å². The number of thiazole rings is 1. The van der Waals surface area contributed by atoms with Crippen molar-refractivity contribution >= 4 is 27.3 Å². The molecule has 0 unspecified atom stereocenters. The van der Waals surface area contributed by atoms with Gasteiger partial charge >= 0.3 is 0 Å². The lowest BCUT2D eigenvalue weighted by Gasteiger charge is -2.07. The summed E-state index contributed by atoms with van der Waals surface area (Å²) in [5.74, 6) is 0.985. The quantitative estimate of drug-likeness (QED) is 0.948. The fourth-order valence-electron chi connectivity index (χ4n) is 1.48. The van der Waals surface area contributed by atoms with Gasteiger partial charge in [-0.1, -0.05) is 13.8 Å². The zero-order valence-electron chi connectivity index (χ0n) is 9.53. The fourth-order valence-corrected chi connectivity index (χ4v) is 2.36. The van der Waals surface area contributed by atoms with E-state index in [-0.39, 0.29) is 5.56 Å². The molecular weight excluding hydrogens is 302 g/mol. The van der Waals surface area contributed by atoms with Gasteiger partial charge in [0, 0.05) is 5.38 Å². The van der Waals surface area contributed by atoms with E-state index in [1.165, 1.54) is 11.3 Å².